The molecule has 1 aromatic rings. The highest BCUT2D eigenvalue weighted by atomic mass is 15.1. The molecule has 1 aliphatic rings. The molecule has 0 spiro atoms. The highest BCUT2D eigenvalue weighted by Gasteiger charge is 2.20. The Bertz CT molecular complexity index is 403. The Morgan fingerprint density at radius 1 is 1.35 bits per heavy atom. The lowest BCUT2D eigenvalue weighted by molar-refractivity contribution is 0.351. The van der Waals surface area contributed by atoms with Crippen molar-refractivity contribution < 1.29 is 0 Å². The first-order valence-electron chi connectivity index (χ1n) is 8.11. The summed E-state index contributed by atoms with van der Waals surface area (Å²) in [5, 5.41) is 3.42. The fraction of sp³-hybridized carbons (Fsp3) is 0.706. The van der Waals surface area contributed by atoms with Crippen LogP contribution in [-0.2, 0) is 6.54 Å². The van der Waals surface area contributed by atoms with Gasteiger partial charge in [-0.2, -0.15) is 0 Å². The lowest BCUT2D eigenvalue weighted by Crippen LogP contribution is -2.27. The zero-order chi connectivity index (χ0) is 14.4. The molecule has 3 nitrogen and oxygen atoms in total. The van der Waals surface area contributed by atoms with Crippen LogP contribution in [0, 0.1) is 11.8 Å². The lowest BCUT2D eigenvalue weighted by Gasteiger charge is -2.26. The molecule has 112 valence electrons. The minimum Gasteiger partial charge on any atom is -0.371 e. The van der Waals surface area contributed by atoms with Crippen molar-refractivity contribution >= 4 is 5.69 Å². The minimum absolute atomic E-state index is 0.814. The molecule has 1 atom stereocenters. The van der Waals surface area contributed by atoms with Gasteiger partial charge in [-0.15, -0.1) is 0 Å². The standard InChI is InChI=1S/C17H29N3/c1-4-18-12-16-13-19-9-7-17(16)20-10-5-6-15(8-11-20)14(2)3/h7,9,13-15,18H,4-6,8,10-12H2,1-3H3. The summed E-state index contributed by atoms with van der Waals surface area (Å²) in [6, 6.07) is 2.18. The SMILES string of the molecule is CCNCc1cnccc1N1CCCC(C(C)C)CC1. The van der Waals surface area contributed by atoms with Gasteiger partial charge < -0.3 is 10.2 Å². The van der Waals surface area contributed by atoms with Gasteiger partial charge in [-0.3, -0.25) is 4.98 Å². The molecule has 0 amide bonds. The first-order chi connectivity index (χ1) is 9.72. The topological polar surface area (TPSA) is 28.2 Å². The Morgan fingerprint density at radius 2 is 2.20 bits per heavy atom. The van der Waals surface area contributed by atoms with Crippen LogP contribution in [0.3, 0.4) is 0 Å². The second kappa shape index (κ2) is 7.63. The van der Waals surface area contributed by atoms with E-state index in [4.69, 9.17) is 0 Å². The smallest absolute Gasteiger partial charge is 0.0442 e. The van der Waals surface area contributed by atoms with Crippen molar-refractivity contribution in [2.45, 2.75) is 46.6 Å². The van der Waals surface area contributed by atoms with Crippen molar-refractivity contribution in [1.82, 2.24) is 10.3 Å². The molecule has 1 fully saturated rings. The lowest BCUT2D eigenvalue weighted by atomic mass is 9.89. The largest absolute Gasteiger partial charge is 0.371 e. The first-order valence-corrected chi connectivity index (χ1v) is 8.11. The fourth-order valence-electron chi connectivity index (χ4n) is 3.15. The molecule has 2 heterocycles. The van der Waals surface area contributed by atoms with Gasteiger partial charge in [0.1, 0.15) is 0 Å². The van der Waals surface area contributed by atoms with Gasteiger partial charge in [-0.25, -0.2) is 0 Å². The Kier molecular flexibility index (Phi) is 5.84. The molecule has 1 aliphatic heterocycles. The van der Waals surface area contributed by atoms with Crippen molar-refractivity contribution in [3.8, 4) is 0 Å². The van der Waals surface area contributed by atoms with Crippen molar-refractivity contribution in [1.29, 1.82) is 0 Å². The molecule has 2 rings (SSSR count). The molecule has 1 N–H and O–H groups in total. The Hall–Kier alpha value is -1.09. The van der Waals surface area contributed by atoms with E-state index >= 15 is 0 Å². The Balaban J connectivity index is 2.07. The van der Waals surface area contributed by atoms with E-state index in [0.29, 0.717) is 0 Å². The van der Waals surface area contributed by atoms with Crippen LogP contribution in [0.25, 0.3) is 0 Å². The first kappa shape index (κ1) is 15.3. The van der Waals surface area contributed by atoms with Crippen molar-refractivity contribution in [2.75, 3.05) is 24.5 Å². The molecule has 1 unspecified atom stereocenters. The minimum atomic E-state index is 0.814. The number of rotatable bonds is 5. The summed E-state index contributed by atoms with van der Waals surface area (Å²) in [7, 11) is 0. The number of aromatic nitrogens is 1. The molecule has 0 radical (unpaired) electrons. The van der Waals surface area contributed by atoms with E-state index in [9.17, 15) is 0 Å². The third-order valence-electron chi connectivity index (χ3n) is 4.50. The van der Waals surface area contributed by atoms with Gasteiger partial charge in [-0.05, 0) is 43.7 Å². The van der Waals surface area contributed by atoms with Crippen molar-refractivity contribution in [3.63, 3.8) is 0 Å². The monoisotopic (exact) mass is 275 g/mol. The maximum Gasteiger partial charge on any atom is 0.0442 e. The molecule has 0 bridgehead atoms. The molecule has 0 aromatic carbocycles. The van der Waals surface area contributed by atoms with Gasteiger partial charge in [0, 0.05) is 43.3 Å². The molecule has 1 aromatic heterocycles. The normalized spacial score (nSPS) is 20.2. The van der Waals surface area contributed by atoms with Crippen LogP contribution in [-0.4, -0.2) is 24.6 Å². The summed E-state index contributed by atoms with van der Waals surface area (Å²) in [5.74, 6) is 1.70. The highest BCUT2D eigenvalue weighted by molar-refractivity contribution is 5.52. The van der Waals surface area contributed by atoms with Crippen molar-refractivity contribution in [3.05, 3.63) is 24.0 Å². The maximum atomic E-state index is 4.29. The number of hydrogen-bond donors (Lipinski definition) is 1. The summed E-state index contributed by atoms with van der Waals surface area (Å²) in [6.07, 6.45) is 7.95. The van der Waals surface area contributed by atoms with Gasteiger partial charge in [0.15, 0.2) is 0 Å². The van der Waals surface area contributed by atoms with E-state index in [2.05, 4.69) is 42.0 Å². The number of anilines is 1. The van der Waals surface area contributed by atoms with Crippen LogP contribution in [0.2, 0.25) is 0 Å². The molecule has 0 aliphatic carbocycles. The summed E-state index contributed by atoms with van der Waals surface area (Å²) in [4.78, 5) is 6.86. The second-order valence-electron chi connectivity index (χ2n) is 6.21. The molecule has 3 heteroatoms. The van der Waals surface area contributed by atoms with Crippen LogP contribution in [0.15, 0.2) is 18.5 Å². The van der Waals surface area contributed by atoms with Gasteiger partial charge in [0.2, 0.25) is 0 Å². The predicted octanol–water partition coefficient (Wildman–Crippen LogP) is 3.45. The maximum absolute atomic E-state index is 4.29. The van der Waals surface area contributed by atoms with E-state index in [1.807, 2.05) is 12.4 Å². The van der Waals surface area contributed by atoms with E-state index in [1.165, 1.54) is 43.6 Å². The summed E-state index contributed by atoms with van der Waals surface area (Å²) >= 11 is 0. The number of pyridine rings is 1. The number of nitrogens with one attached hydrogen (secondary N) is 1. The van der Waals surface area contributed by atoms with Gasteiger partial charge in [-0.1, -0.05) is 20.8 Å². The Morgan fingerprint density at radius 3 is 2.95 bits per heavy atom. The fourth-order valence-corrected chi connectivity index (χ4v) is 3.15. The second-order valence-corrected chi connectivity index (χ2v) is 6.21. The molecule has 20 heavy (non-hydrogen) atoms. The van der Waals surface area contributed by atoms with Crippen LogP contribution in [0.4, 0.5) is 5.69 Å². The van der Waals surface area contributed by atoms with Crippen LogP contribution >= 0.6 is 0 Å². The van der Waals surface area contributed by atoms with E-state index < -0.39 is 0 Å². The molecule has 1 saturated heterocycles. The summed E-state index contributed by atoms with van der Waals surface area (Å²) in [5.41, 5.74) is 2.71. The number of nitrogens with zero attached hydrogens (tertiary/aromatic N) is 2. The molecular weight excluding hydrogens is 246 g/mol. The van der Waals surface area contributed by atoms with E-state index in [0.717, 1.165) is 24.9 Å². The quantitative estimate of drug-likeness (QED) is 0.892. The van der Waals surface area contributed by atoms with Gasteiger partial charge >= 0.3 is 0 Å². The number of hydrogen-bond acceptors (Lipinski definition) is 3. The van der Waals surface area contributed by atoms with Gasteiger partial charge in [0.05, 0.1) is 0 Å². The van der Waals surface area contributed by atoms with E-state index in [-0.39, 0.29) is 0 Å². The van der Waals surface area contributed by atoms with Crippen LogP contribution in [0.1, 0.15) is 45.6 Å². The zero-order valence-corrected chi connectivity index (χ0v) is 13.2. The molecular formula is C17H29N3. The predicted molar refractivity (Wildman–Crippen MR) is 86.0 cm³/mol. The average Bonchev–Trinajstić information content (AvgIpc) is 2.71. The average molecular weight is 275 g/mol. The van der Waals surface area contributed by atoms with Gasteiger partial charge in [0.25, 0.3) is 0 Å². The zero-order valence-electron chi connectivity index (χ0n) is 13.2. The van der Waals surface area contributed by atoms with Crippen LogP contribution in [0.5, 0.6) is 0 Å². The van der Waals surface area contributed by atoms with Crippen LogP contribution < -0.4 is 10.2 Å². The molecule has 0 saturated carbocycles. The Labute approximate surface area is 123 Å². The summed E-state index contributed by atoms with van der Waals surface area (Å²) in [6.45, 7) is 11.2. The summed E-state index contributed by atoms with van der Waals surface area (Å²) < 4.78 is 0. The highest BCUT2D eigenvalue weighted by Crippen LogP contribution is 2.28. The third kappa shape index (κ3) is 3.95. The third-order valence-corrected chi connectivity index (χ3v) is 4.50. The van der Waals surface area contributed by atoms with Crippen molar-refractivity contribution in [2.24, 2.45) is 11.8 Å². The van der Waals surface area contributed by atoms with E-state index in [1.54, 1.807) is 0 Å².